The fraction of sp³-hybridized carbons (Fsp3) is 0.353. The highest BCUT2D eigenvalue weighted by Gasteiger charge is 2.32. The van der Waals surface area contributed by atoms with Gasteiger partial charge in [-0.15, -0.1) is 0 Å². The van der Waals surface area contributed by atoms with Crippen molar-refractivity contribution in [2.75, 3.05) is 19.4 Å². The standard InChI is InChI=1S/C17H19NO3S/c1-12-11-20-15(13-6-4-3-5-7-13)10-18(12)17(19)14-8-9-16(21-14)22-2/h3-9,12,15H,10-11H2,1-2H3/t12-,15-/m0/s1. The zero-order valence-corrected chi connectivity index (χ0v) is 13.5. The maximum Gasteiger partial charge on any atom is 0.290 e. The van der Waals surface area contributed by atoms with Gasteiger partial charge in [-0.25, -0.2) is 0 Å². The van der Waals surface area contributed by atoms with Crippen LogP contribution in [-0.2, 0) is 4.74 Å². The summed E-state index contributed by atoms with van der Waals surface area (Å²) in [5.74, 6) is 0.321. The van der Waals surface area contributed by atoms with Gasteiger partial charge in [-0.1, -0.05) is 42.1 Å². The number of nitrogens with zero attached hydrogens (tertiary/aromatic N) is 1. The molecule has 1 aliphatic rings. The summed E-state index contributed by atoms with van der Waals surface area (Å²) in [6, 6.07) is 13.6. The number of rotatable bonds is 3. The van der Waals surface area contributed by atoms with Crippen molar-refractivity contribution in [3.05, 3.63) is 53.8 Å². The van der Waals surface area contributed by atoms with Crippen LogP contribution in [0.5, 0.6) is 0 Å². The van der Waals surface area contributed by atoms with Crippen LogP contribution in [0.25, 0.3) is 0 Å². The highest BCUT2D eigenvalue weighted by atomic mass is 32.2. The molecule has 5 heteroatoms. The third-order valence-electron chi connectivity index (χ3n) is 3.86. The van der Waals surface area contributed by atoms with Gasteiger partial charge >= 0.3 is 0 Å². The number of hydrogen-bond donors (Lipinski definition) is 0. The van der Waals surface area contributed by atoms with E-state index >= 15 is 0 Å². The van der Waals surface area contributed by atoms with E-state index in [9.17, 15) is 4.79 Å². The first kappa shape index (κ1) is 15.2. The lowest BCUT2D eigenvalue weighted by Gasteiger charge is -2.37. The summed E-state index contributed by atoms with van der Waals surface area (Å²) in [7, 11) is 0. The summed E-state index contributed by atoms with van der Waals surface area (Å²) >= 11 is 1.49. The van der Waals surface area contributed by atoms with Crippen LogP contribution in [0, 0.1) is 0 Å². The third-order valence-corrected chi connectivity index (χ3v) is 4.48. The smallest absolute Gasteiger partial charge is 0.290 e. The van der Waals surface area contributed by atoms with E-state index in [1.807, 2.05) is 54.5 Å². The largest absolute Gasteiger partial charge is 0.445 e. The molecular formula is C17H19NO3S. The lowest BCUT2D eigenvalue weighted by Crippen LogP contribution is -2.48. The number of ether oxygens (including phenoxy) is 1. The summed E-state index contributed by atoms with van der Waals surface area (Å²) in [5.41, 5.74) is 1.09. The topological polar surface area (TPSA) is 42.7 Å². The van der Waals surface area contributed by atoms with Crippen LogP contribution in [0.3, 0.4) is 0 Å². The van der Waals surface area contributed by atoms with Crippen molar-refractivity contribution in [2.45, 2.75) is 24.2 Å². The molecule has 1 amide bonds. The predicted octanol–water partition coefficient (Wildman–Crippen LogP) is 3.60. The van der Waals surface area contributed by atoms with Crippen LogP contribution in [-0.4, -0.2) is 36.3 Å². The minimum atomic E-state index is -0.0867. The highest BCUT2D eigenvalue weighted by molar-refractivity contribution is 7.98. The molecule has 2 atom stereocenters. The second kappa shape index (κ2) is 6.58. The molecule has 0 spiro atoms. The Morgan fingerprint density at radius 2 is 2.00 bits per heavy atom. The van der Waals surface area contributed by atoms with E-state index in [-0.39, 0.29) is 18.1 Å². The van der Waals surface area contributed by atoms with Crippen LogP contribution in [0.1, 0.15) is 29.1 Å². The zero-order chi connectivity index (χ0) is 15.5. The molecule has 1 aliphatic heterocycles. The molecule has 0 saturated carbocycles. The van der Waals surface area contributed by atoms with Crippen LogP contribution in [0.4, 0.5) is 0 Å². The van der Waals surface area contributed by atoms with Crippen molar-refractivity contribution in [1.29, 1.82) is 0 Å². The zero-order valence-electron chi connectivity index (χ0n) is 12.7. The van der Waals surface area contributed by atoms with E-state index in [0.717, 1.165) is 10.7 Å². The number of benzene rings is 1. The van der Waals surface area contributed by atoms with E-state index in [2.05, 4.69) is 0 Å². The second-order valence-corrected chi connectivity index (χ2v) is 6.17. The molecule has 2 heterocycles. The van der Waals surface area contributed by atoms with Gasteiger partial charge in [0.25, 0.3) is 5.91 Å². The highest BCUT2D eigenvalue weighted by Crippen LogP contribution is 2.27. The lowest BCUT2D eigenvalue weighted by atomic mass is 10.1. The van der Waals surface area contributed by atoms with Crippen LogP contribution in [0.2, 0.25) is 0 Å². The van der Waals surface area contributed by atoms with Crippen molar-refractivity contribution in [3.63, 3.8) is 0 Å². The number of carbonyl (C=O) groups is 1. The number of hydrogen-bond acceptors (Lipinski definition) is 4. The molecule has 4 nitrogen and oxygen atoms in total. The van der Waals surface area contributed by atoms with Gasteiger partial charge in [0, 0.05) is 0 Å². The van der Waals surface area contributed by atoms with Crippen molar-refractivity contribution in [2.24, 2.45) is 0 Å². The fourth-order valence-electron chi connectivity index (χ4n) is 2.60. The fourth-order valence-corrected chi connectivity index (χ4v) is 2.97. The Bertz CT molecular complexity index is 640. The minimum absolute atomic E-state index is 0.0373. The molecule has 0 aliphatic carbocycles. The number of morpholine rings is 1. The average Bonchev–Trinajstić information content (AvgIpc) is 3.04. The quantitative estimate of drug-likeness (QED) is 0.811. The molecule has 116 valence electrons. The van der Waals surface area contributed by atoms with Crippen LogP contribution < -0.4 is 0 Å². The average molecular weight is 317 g/mol. The summed E-state index contributed by atoms with van der Waals surface area (Å²) in [6.45, 7) is 3.07. The third kappa shape index (κ3) is 3.05. The molecule has 1 saturated heterocycles. The maximum absolute atomic E-state index is 12.7. The summed E-state index contributed by atoms with van der Waals surface area (Å²) < 4.78 is 11.5. The van der Waals surface area contributed by atoms with E-state index in [4.69, 9.17) is 9.15 Å². The molecule has 1 aromatic heterocycles. The monoisotopic (exact) mass is 317 g/mol. The second-order valence-electron chi connectivity index (χ2n) is 5.36. The van der Waals surface area contributed by atoms with Gasteiger partial charge in [-0.3, -0.25) is 4.79 Å². The van der Waals surface area contributed by atoms with Gasteiger partial charge in [-0.05, 0) is 30.9 Å². The first-order chi connectivity index (χ1) is 10.7. The molecule has 3 rings (SSSR count). The van der Waals surface area contributed by atoms with Crippen molar-refractivity contribution in [1.82, 2.24) is 4.90 Å². The van der Waals surface area contributed by atoms with Crippen molar-refractivity contribution < 1.29 is 13.9 Å². The Morgan fingerprint density at radius 3 is 2.68 bits per heavy atom. The Labute approximate surface area is 134 Å². The predicted molar refractivity (Wildman–Crippen MR) is 86.1 cm³/mol. The Balaban J connectivity index is 1.78. The van der Waals surface area contributed by atoms with Gasteiger partial charge in [0.2, 0.25) is 0 Å². The van der Waals surface area contributed by atoms with Crippen molar-refractivity contribution in [3.8, 4) is 0 Å². The van der Waals surface area contributed by atoms with E-state index in [0.29, 0.717) is 18.9 Å². The number of thioether (sulfide) groups is 1. The van der Waals surface area contributed by atoms with E-state index < -0.39 is 0 Å². The summed E-state index contributed by atoms with van der Waals surface area (Å²) in [5, 5.41) is 0.754. The van der Waals surface area contributed by atoms with Crippen LogP contribution >= 0.6 is 11.8 Å². The molecule has 0 bridgehead atoms. The Morgan fingerprint density at radius 1 is 1.23 bits per heavy atom. The number of carbonyl (C=O) groups excluding carboxylic acids is 1. The van der Waals surface area contributed by atoms with Gasteiger partial charge in [0.15, 0.2) is 10.9 Å². The summed E-state index contributed by atoms with van der Waals surface area (Å²) in [4.78, 5) is 14.5. The van der Waals surface area contributed by atoms with Gasteiger partial charge in [0.1, 0.15) is 6.10 Å². The van der Waals surface area contributed by atoms with Crippen LogP contribution in [0.15, 0.2) is 52.0 Å². The number of furan rings is 1. The van der Waals surface area contributed by atoms with Gasteiger partial charge in [-0.2, -0.15) is 0 Å². The first-order valence-corrected chi connectivity index (χ1v) is 8.53. The first-order valence-electron chi connectivity index (χ1n) is 7.30. The normalized spacial score (nSPS) is 21.8. The van der Waals surface area contributed by atoms with Gasteiger partial charge < -0.3 is 14.1 Å². The van der Waals surface area contributed by atoms with Crippen molar-refractivity contribution >= 4 is 17.7 Å². The molecule has 0 unspecified atom stereocenters. The maximum atomic E-state index is 12.7. The Hall–Kier alpha value is -1.72. The lowest BCUT2D eigenvalue weighted by molar-refractivity contribution is -0.0496. The molecule has 1 fully saturated rings. The Kier molecular flexibility index (Phi) is 4.55. The molecular weight excluding hydrogens is 298 g/mol. The molecule has 1 aromatic carbocycles. The van der Waals surface area contributed by atoms with E-state index in [1.165, 1.54) is 11.8 Å². The minimum Gasteiger partial charge on any atom is -0.445 e. The van der Waals surface area contributed by atoms with E-state index in [1.54, 1.807) is 6.07 Å². The summed E-state index contributed by atoms with van der Waals surface area (Å²) in [6.07, 6.45) is 1.84. The van der Waals surface area contributed by atoms with Gasteiger partial charge in [0.05, 0.1) is 19.2 Å². The molecule has 2 aromatic rings. The molecule has 22 heavy (non-hydrogen) atoms. The SMILES string of the molecule is CSc1ccc(C(=O)N2C[C@@H](c3ccccc3)OC[C@@H]2C)o1. The molecule has 0 N–H and O–H groups in total. The number of amides is 1. The molecule has 0 radical (unpaired) electrons.